The van der Waals surface area contributed by atoms with Crippen LogP contribution in [0.1, 0.15) is 27.2 Å². The lowest BCUT2D eigenvalue weighted by Gasteiger charge is -2.34. The number of carbonyl (C=O) groups excluding carboxylic acids is 2. The van der Waals surface area contributed by atoms with Crippen molar-refractivity contribution >= 4 is 17.8 Å². The molecule has 2 amide bonds. The first kappa shape index (κ1) is 16.7. The Morgan fingerprint density at radius 2 is 1.71 bits per heavy atom. The summed E-state index contributed by atoms with van der Waals surface area (Å²) in [5.74, 6) is 0.507. The lowest BCUT2D eigenvalue weighted by molar-refractivity contribution is -0.135. The second-order valence-corrected chi connectivity index (χ2v) is 7.55. The Hall–Kier alpha value is -2.18. The molecule has 1 N–H and O–H groups in total. The number of carbonyl (C=O) groups is 2. The molecule has 2 heterocycles. The van der Waals surface area contributed by atoms with Crippen molar-refractivity contribution in [2.24, 2.45) is 11.8 Å². The molecule has 0 aromatic carbocycles. The summed E-state index contributed by atoms with van der Waals surface area (Å²) in [5, 5.41) is 2.96. The minimum atomic E-state index is -0.255. The molecule has 1 aromatic heterocycles. The van der Waals surface area contributed by atoms with E-state index >= 15 is 0 Å². The van der Waals surface area contributed by atoms with Crippen LogP contribution in [0.25, 0.3) is 0 Å². The molecular formula is C17H25N5O2. The standard InChI is InChI=1S/C17H25N5O2/c1-17(2,3)20-14(23)12-11-13(12)15(24)21-7-9-22(10-8-21)16-18-5-4-6-19-16/h4-6,12-13H,7-11H2,1-3H3,(H,20,23). The van der Waals surface area contributed by atoms with Crippen LogP contribution in [0.5, 0.6) is 0 Å². The van der Waals surface area contributed by atoms with Crippen LogP contribution in [0, 0.1) is 11.8 Å². The maximum atomic E-state index is 12.6. The third kappa shape index (κ3) is 3.83. The van der Waals surface area contributed by atoms with Crippen LogP contribution in [-0.4, -0.2) is 58.4 Å². The quantitative estimate of drug-likeness (QED) is 0.881. The number of rotatable bonds is 3. The third-order valence-corrected chi connectivity index (χ3v) is 4.37. The molecule has 0 bridgehead atoms. The summed E-state index contributed by atoms with van der Waals surface area (Å²) < 4.78 is 0. The molecule has 7 heteroatoms. The Morgan fingerprint density at radius 3 is 2.29 bits per heavy atom. The van der Waals surface area contributed by atoms with Gasteiger partial charge in [0.15, 0.2) is 0 Å². The van der Waals surface area contributed by atoms with E-state index in [1.54, 1.807) is 18.5 Å². The van der Waals surface area contributed by atoms with E-state index in [1.807, 2.05) is 25.7 Å². The van der Waals surface area contributed by atoms with Crippen molar-refractivity contribution < 1.29 is 9.59 Å². The second-order valence-electron chi connectivity index (χ2n) is 7.55. The fourth-order valence-corrected chi connectivity index (χ4v) is 3.04. The minimum Gasteiger partial charge on any atom is -0.351 e. The zero-order chi connectivity index (χ0) is 17.3. The largest absolute Gasteiger partial charge is 0.351 e. The second kappa shape index (κ2) is 6.37. The molecule has 2 fully saturated rings. The van der Waals surface area contributed by atoms with Gasteiger partial charge in [0.1, 0.15) is 0 Å². The molecular weight excluding hydrogens is 306 g/mol. The van der Waals surface area contributed by atoms with Crippen LogP contribution in [0.2, 0.25) is 0 Å². The van der Waals surface area contributed by atoms with Crippen molar-refractivity contribution in [1.29, 1.82) is 0 Å². The first-order valence-corrected chi connectivity index (χ1v) is 8.48. The molecule has 1 saturated carbocycles. The van der Waals surface area contributed by atoms with E-state index in [0.29, 0.717) is 25.5 Å². The van der Waals surface area contributed by atoms with Gasteiger partial charge >= 0.3 is 0 Å². The van der Waals surface area contributed by atoms with Gasteiger partial charge in [-0.05, 0) is 33.3 Å². The molecule has 0 spiro atoms. The Labute approximate surface area is 142 Å². The molecule has 130 valence electrons. The highest BCUT2D eigenvalue weighted by atomic mass is 16.2. The molecule has 2 aliphatic rings. The Morgan fingerprint density at radius 1 is 1.08 bits per heavy atom. The molecule has 1 aliphatic carbocycles. The van der Waals surface area contributed by atoms with E-state index in [9.17, 15) is 9.59 Å². The van der Waals surface area contributed by atoms with E-state index < -0.39 is 0 Å². The maximum Gasteiger partial charge on any atom is 0.226 e. The van der Waals surface area contributed by atoms with Gasteiger partial charge in [-0.2, -0.15) is 0 Å². The number of hydrogen-bond acceptors (Lipinski definition) is 5. The van der Waals surface area contributed by atoms with Gasteiger partial charge in [0, 0.05) is 44.1 Å². The van der Waals surface area contributed by atoms with Gasteiger partial charge in [0.25, 0.3) is 0 Å². The third-order valence-electron chi connectivity index (χ3n) is 4.37. The first-order chi connectivity index (χ1) is 11.3. The zero-order valence-corrected chi connectivity index (χ0v) is 14.5. The van der Waals surface area contributed by atoms with E-state index in [1.165, 1.54) is 0 Å². The SMILES string of the molecule is CC(C)(C)NC(=O)C1CC1C(=O)N1CCN(c2ncccn2)CC1. The van der Waals surface area contributed by atoms with E-state index in [0.717, 1.165) is 13.1 Å². The summed E-state index contributed by atoms with van der Waals surface area (Å²) in [6.07, 6.45) is 4.12. The highest BCUT2D eigenvalue weighted by Crippen LogP contribution is 2.40. The fourth-order valence-electron chi connectivity index (χ4n) is 3.04. The van der Waals surface area contributed by atoms with Crippen molar-refractivity contribution in [3.05, 3.63) is 18.5 Å². The van der Waals surface area contributed by atoms with Crippen molar-refractivity contribution in [3.8, 4) is 0 Å². The van der Waals surface area contributed by atoms with Crippen LogP contribution < -0.4 is 10.2 Å². The van der Waals surface area contributed by atoms with Gasteiger partial charge < -0.3 is 15.1 Å². The lowest BCUT2D eigenvalue weighted by Crippen LogP contribution is -2.50. The van der Waals surface area contributed by atoms with Crippen LogP contribution in [-0.2, 0) is 9.59 Å². The number of aromatic nitrogens is 2. The van der Waals surface area contributed by atoms with Gasteiger partial charge in [-0.25, -0.2) is 9.97 Å². The summed E-state index contributed by atoms with van der Waals surface area (Å²) in [4.78, 5) is 37.2. The normalized spacial score (nSPS) is 23.8. The number of anilines is 1. The molecule has 1 saturated heterocycles. The average Bonchev–Trinajstić information content (AvgIpc) is 3.34. The van der Waals surface area contributed by atoms with E-state index in [4.69, 9.17) is 0 Å². The van der Waals surface area contributed by atoms with Gasteiger partial charge in [-0.3, -0.25) is 9.59 Å². The predicted octanol–water partition coefficient (Wildman–Crippen LogP) is 0.676. The maximum absolute atomic E-state index is 12.6. The van der Waals surface area contributed by atoms with Gasteiger partial charge in [-0.1, -0.05) is 0 Å². The summed E-state index contributed by atoms with van der Waals surface area (Å²) >= 11 is 0. The summed E-state index contributed by atoms with van der Waals surface area (Å²) in [5.41, 5.74) is -0.255. The average molecular weight is 331 g/mol. The fraction of sp³-hybridized carbons (Fsp3) is 0.647. The zero-order valence-electron chi connectivity index (χ0n) is 14.5. The Bertz CT molecular complexity index is 605. The summed E-state index contributed by atoms with van der Waals surface area (Å²) in [6, 6.07) is 1.79. The van der Waals surface area contributed by atoms with Crippen LogP contribution in [0.4, 0.5) is 5.95 Å². The number of nitrogens with zero attached hydrogens (tertiary/aromatic N) is 4. The minimum absolute atomic E-state index is 0.00262. The summed E-state index contributed by atoms with van der Waals surface area (Å²) in [6.45, 7) is 8.62. The number of piperazine rings is 1. The van der Waals surface area contributed by atoms with Crippen molar-refractivity contribution in [2.45, 2.75) is 32.7 Å². The monoisotopic (exact) mass is 331 g/mol. The van der Waals surface area contributed by atoms with Crippen LogP contribution >= 0.6 is 0 Å². The number of amides is 2. The number of hydrogen-bond donors (Lipinski definition) is 1. The van der Waals surface area contributed by atoms with Gasteiger partial charge in [-0.15, -0.1) is 0 Å². The predicted molar refractivity (Wildman–Crippen MR) is 90.3 cm³/mol. The molecule has 2 atom stereocenters. The van der Waals surface area contributed by atoms with E-state index in [2.05, 4.69) is 20.2 Å². The molecule has 1 aromatic rings. The van der Waals surface area contributed by atoms with Crippen molar-refractivity contribution in [2.75, 3.05) is 31.1 Å². The number of nitrogens with one attached hydrogen (secondary N) is 1. The molecule has 0 radical (unpaired) electrons. The lowest BCUT2D eigenvalue weighted by atomic mass is 10.1. The summed E-state index contributed by atoms with van der Waals surface area (Å²) in [7, 11) is 0. The van der Waals surface area contributed by atoms with Crippen molar-refractivity contribution in [1.82, 2.24) is 20.2 Å². The Balaban J connectivity index is 1.49. The first-order valence-electron chi connectivity index (χ1n) is 8.48. The van der Waals surface area contributed by atoms with Gasteiger partial charge in [0.05, 0.1) is 11.8 Å². The smallest absolute Gasteiger partial charge is 0.226 e. The van der Waals surface area contributed by atoms with Crippen molar-refractivity contribution in [3.63, 3.8) is 0 Å². The Kier molecular flexibility index (Phi) is 4.43. The van der Waals surface area contributed by atoms with Gasteiger partial charge in [0.2, 0.25) is 17.8 Å². The molecule has 3 rings (SSSR count). The highest BCUT2D eigenvalue weighted by molar-refractivity contribution is 5.92. The van der Waals surface area contributed by atoms with Crippen LogP contribution in [0.3, 0.4) is 0 Å². The topological polar surface area (TPSA) is 78.4 Å². The molecule has 24 heavy (non-hydrogen) atoms. The highest BCUT2D eigenvalue weighted by Gasteiger charge is 2.50. The van der Waals surface area contributed by atoms with Crippen LogP contribution in [0.15, 0.2) is 18.5 Å². The van der Waals surface area contributed by atoms with E-state index in [-0.39, 0.29) is 29.2 Å². The molecule has 2 unspecified atom stereocenters. The molecule has 1 aliphatic heterocycles. The molecule has 7 nitrogen and oxygen atoms in total.